The van der Waals surface area contributed by atoms with E-state index in [4.69, 9.17) is 25.8 Å². The molecular weight excluding hydrogens is 741 g/mol. The van der Waals surface area contributed by atoms with Crippen LogP contribution in [0.5, 0.6) is 17.2 Å². The summed E-state index contributed by atoms with van der Waals surface area (Å²) in [6.07, 6.45) is -5.05. The Kier molecular flexibility index (Phi) is 11.6. The summed E-state index contributed by atoms with van der Waals surface area (Å²) in [6.45, 7) is 2.84. The molecule has 0 bridgehead atoms. The number of likely N-dealkylation sites (N-methyl/N-ethyl adjacent to an activating group) is 1. The predicted octanol–water partition coefficient (Wildman–Crippen LogP) is 5.04. The molecule has 0 aliphatic carbocycles. The maximum atomic E-state index is 15.6. The number of methoxy groups -OCH3 is 2. The molecule has 1 unspecified atom stereocenters. The van der Waals surface area contributed by atoms with Crippen molar-refractivity contribution in [3.8, 4) is 17.2 Å². The van der Waals surface area contributed by atoms with Gasteiger partial charge in [0.1, 0.15) is 16.4 Å². The zero-order chi connectivity index (χ0) is 39.0. The van der Waals surface area contributed by atoms with Gasteiger partial charge in [0.15, 0.2) is 11.3 Å². The summed E-state index contributed by atoms with van der Waals surface area (Å²) >= 11 is 6.60. The summed E-state index contributed by atoms with van der Waals surface area (Å²) in [6, 6.07) is 10.9. The van der Waals surface area contributed by atoms with E-state index in [9.17, 15) is 26.4 Å². The molecule has 5 rings (SSSR count). The Balaban J connectivity index is 1.81. The Morgan fingerprint density at radius 3 is 2.32 bits per heavy atom. The first-order valence-corrected chi connectivity index (χ1v) is 18.4. The van der Waals surface area contributed by atoms with Crippen LogP contribution < -0.4 is 18.5 Å². The Morgan fingerprint density at radius 1 is 0.981 bits per heavy atom. The SMILES string of the molecule is COc1ccc(S(=O)(=O)N2C(=O)C(c3cc(C)ccc3OC)(N3C[C@H](OCCCN(C)C)C[C@H]3C(=O)N(C)C)c3cc(Cl)ccc32)c(OC(F)(F)F)c1. The highest BCUT2D eigenvalue weighted by Gasteiger charge is 2.64. The van der Waals surface area contributed by atoms with E-state index >= 15 is 4.79 Å². The van der Waals surface area contributed by atoms with E-state index in [1.165, 1.54) is 37.3 Å². The number of benzene rings is 3. The fourth-order valence-corrected chi connectivity index (χ4v) is 8.70. The largest absolute Gasteiger partial charge is 0.573 e. The number of anilines is 1. The van der Waals surface area contributed by atoms with Gasteiger partial charge in [0.25, 0.3) is 15.9 Å². The van der Waals surface area contributed by atoms with E-state index in [1.54, 1.807) is 44.1 Å². The van der Waals surface area contributed by atoms with Gasteiger partial charge in [-0.05, 0) is 82.9 Å². The average molecular weight is 783 g/mol. The third kappa shape index (κ3) is 7.65. The summed E-state index contributed by atoms with van der Waals surface area (Å²) < 4.78 is 92.5. The van der Waals surface area contributed by atoms with Crippen molar-refractivity contribution in [2.45, 2.75) is 48.7 Å². The maximum absolute atomic E-state index is 15.6. The van der Waals surface area contributed by atoms with Gasteiger partial charge in [-0.25, -0.2) is 12.7 Å². The molecule has 0 aromatic heterocycles. The van der Waals surface area contributed by atoms with Crippen molar-refractivity contribution < 1.29 is 50.1 Å². The van der Waals surface area contributed by atoms with E-state index < -0.39 is 50.6 Å². The first kappa shape index (κ1) is 40.1. The molecule has 1 saturated heterocycles. The molecule has 3 aromatic carbocycles. The van der Waals surface area contributed by atoms with Crippen molar-refractivity contribution in [2.24, 2.45) is 0 Å². The normalized spacial score (nSPS) is 20.5. The number of hydrogen-bond donors (Lipinski definition) is 0. The van der Waals surface area contributed by atoms with Crippen molar-refractivity contribution in [2.75, 3.05) is 66.4 Å². The fourth-order valence-electron chi connectivity index (χ4n) is 6.97. The van der Waals surface area contributed by atoms with Crippen LogP contribution in [0.4, 0.5) is 18.9 Å². The summed E-state index contributed by atoms with van der Waals surface area (Å²) in [5.41, 5.74) is -1.39. The Morgan fingerprint density at radius 2 is 1.70 bits per heavy atom. The quantitative estimate of drug-likeness (QED) is 0.218. The van der Waals surface area contributed by atoms with E-state index in [-0.39, 0.29) is 52.2 Å². The number of sulfonamides is 1. The van der Waals surface area contributed by atoms with E-state index in [0.29, 0.717) is 22.9 Å². The van der Waals surface area contributed by atoms with E-state index in [0.717, 1.165) is 24.7 Å². The Labute approximate surface area is 311 Å². The number of halogens is 4. The lowest BCUT2D eigenvalue weighted by molar-refractivity contribution is -0.275. The number of rotatable bonds is 13. The van der Waals surface area contributed by atoms with Crippen molar-refractivity contribution in [1.29, 1.82) is 0 Å². The smallest absolute Gasteiger partial charge is 0.497 e. The van der Waals surface area contributed by atoms with Crippen LogP contribution in [0.25, 0.3) is 0 Å². The number of amides is 2. The van der Waals surface area contributed by atoms with Crippen LogP contribution in [-0.4, -0.2) is 116 Å². The number of ether oxygens (including phenoxy) is 4. The van der Waals surface area contributed by atoms with E-state index in [1.807, 2.05) is 19.0 Å². The number of aryl methyl sites for hydroxylation is 1. The second-order valence-corrected chi connectivity index (χ2v) is 15.5. The number of carbonyl (C=O) groups excluding carboxylic acids is 2. The first-order valence-electron chi connectivity index (χ1n) is 16.6. The van der Waals surface area contributed by atoms with Gasteiger partial charge in [0.2, 0.25) is 5.91 Å². The lowest BCUT2D eigenvalue weighted by atomic mass is 9.80. The van der Waals surface area contributed by atoms with Crippen LogP contribution >= 0.6 is 11.6 Å². The Hall–Kier alpha value is -4.09. The highest BCUT2D eigenvalue weighted by molar-refractivity contribution is 7.93. The summed E-state index contributed by atoms with van der Waals surface area (Å²) in [4.78, 5) is 33.7. The summed E-state index contributed by atoms with van der Waals surface area (Å²) in [7, 11) is 4.35. The second-order valence-electron chi connectivity index (χ2n) is 13.3. The molecule has 0 radical (unpaired) electrons. The minimum Gasteiger partial charge on any atom is -0.497 e. The maximum Gasteiger partial charge on any atom is 0.573 e. The van der Waals surface area contributed by atoms with Crippen LogP contribution in [0, 0.1) is 6.92 Å². The van der Waals surface area contributed by atoms with Gasteiger partial charge in [0, 0.05) is 49.5 Å². The minimum atomic E-state index is -5.30. The molecular formula is C36H42ClF3N4O8S. The zero-order valence-corrected chi connectivity index (χ0v) is 31.9. The van der Waals surface area contributed by atoms with Crippen molar-refractivity contribution >= 4 is 39.1 Å². The van der Waals surface area contributed by atoms with Gasteiger partial charge in [-0.1, -0.05) is 23.2 Å². The summed E-state index contributed by atoms with van der Waals surface area (Å²) in [5.74, 6) is -2.54. The van der Waals surface area contributed by atoms with Crippen LogP contribution in [-0.2, 0) is 29.9 Å². The first-order chi connectivity index (χ1) is 24.9. The molecule has 12 nitrogen and oxygen atoms in total. The van der Waals surface area contributed by atoms with Crippen LogP contribution in [0.15, 0.2) is 59.5 Å². The monoisotopic (exact) mass is 782 g/mol. The van der Waals surface area contributed by atoms with Gasteiger partial charge >= 0.3 is 6.36 Å². The van der Waals surface area contributed by atoms with Gasteiger partial charge in [0.05, 0.1) is 32.1 Å². The number of fused-ring (bicyclic) bond motifs is 1. The number of carbonyl (C=O) groups is 2. The predicted molar refractivity (Wildman–Crippen MR) is 191 cm³/mol. The standard InChI is InChI=1S/C36H42ClF3N4O8S/c1-22-9-13-30(50-7)27(17-22)35(43-21-25(51-16-8-15-41(2)3)19-29(43)33(45)42(4)5)26-18-23(37)10-12-28(26)44(34(35)46)53(47,48)32-14-11-24(49-6)20-31(32)52-36(38,39)40/h9-14,17-18,20,25,29H,8,15-16,19,21H2,1-7H3/t25-,29+,35?/m1/s1. The third-order valence-corrected chi connectivity index (χ3v) is 11.2. The van der Waals surface area contributed by atoms with Gasteiger partial charge in [-0.15, -0.1) is 13.2 Å². The third-order valence-electron chi connectivity index (χ3n) is 9.22. The van der Waals surface area contributed by atoms with E-state index in [2.05, 4.69) is 4.74 Å². The molecule has 2 aliphatic rings. The molecule has 288 valence electrons. The van der Waals surface area contributed by atoms with Gasteiger partial charge in [-0.3, -0.25) is 14.5 Å². The Bertz CT molecular complexity index is 1980. The molecule has 2 aliphatic heterocycles. The van der Waals surface area contributed by atoms with Crippen LogP contribution in [0.3, 0.4) is 0 Å². The molecule has 0 spiro atoms. The molecule has 2 heterocycles. The fraction of sp³-hybridized carbons (Fsp3) is 0.444. The zero-order valence-electron chi connectivity index (χ0n) is 30.4. The van der Waals surface area contributed by atoms with Crippen molar-refractivity contribution in [3.63, 3.8) is 0 Å². The second kappa shape index (κ2) is 15.3. The number of likely N-dealkylation sites (tertiary alicyclic amines) is 1. The molecule has 3 atom stereocenters. The molecule has 1 fully saturated rings. The molecule has 0 saturated carbocycles. The minimum absolute atomic E-state index is 0.0140. The van der Waals surface area contributed by atoms with Crippen LogP contribution in [0.2, 0.25) is 5.02 Å². The molecule has 0 N–H and O–H groups in total. The topological polar surface area (TPSA) is 118 Å². The number of hydrogen-bond acceptors (Lipinski definition) is 10. The highest BCUT2D eigenvalue weighted by atomic mass is 35.5. The average Bonchev–Trinajstić information content (AvgIpc) is 3.61. The van der Waals surface area contributed by atoms with Gasteiger partial charge < -0.3 is 28.7 Å². The molecule has 17 heteroatoms. The number of alkyl halides is 3. The lowest BCUT2D eigenvalue weighted by Gasteiger charge is -2.42. The number of nitrogens with zero attached hydrogens (tertiary/aromatic N) is 4. The molecule has 2 amide bonds. The van der Waals surface area contributed by atoms with Crippen molar-refractivity contribution in [3.05, 3.63) is 76.3 Å². The molecule has 3 aromatic rings. The lowest BCUT2D eigenvalue weighted by Crippen LogP contribution is -2.59. The highest BCUT2D eigenvalue weighted by Crippen LogP contribution is 2.55. The summed E-state index contributed by atoms with van der Waals surface area (Å²) in [5, 5.41) is 0.128. The van der Waals surface area contributed by atoms with Crippen molar-refractivity contribution in [1.82, 2.24) is 14.7 Å². The van der Waals surface area contributed by atoms with Crippen LogP contribution in [0.1, 0.15) is 29.5 Å². The van der Waals surface area contributed by atoms with Gasteiger partial charge in [-0.2, -0.15) is 0 Å². The molecule has 53 heavy (non-hydrogen) atoms.